The molecule has 0 radical (unpaired) electrons. The van der Waals surface area contributed by atoms with Crippen molar-refractivity contribution in [2.75, 3.05) is 13.6 Å². The zero-order chi connectivity index (χ0) is 14.5. The maximum Gasteiger partial charge on any atom is 0.161 e. The number of hydrogen-bond acceptors (Lipinski definition) is 4. The van der Waals surface area contributed by atoms with Gasteiger partial charge in [0, 0.05) is 26.0 Å². The Bertz CT molecular complexity index is 595. The number of amidine groups is 2. The molecule has 1 aliphatic heterocycles. The van der Waals surface area contributed by atoms with Gasteiger partial charge in [0.1, 0.15) is 23.7 Å². The first-order valence-corrected chi connectivity index (χ1v) is 6.51. The summed E-state index contributed by atoms with van der Waals surface area (Å²) >= 11 is 0. The van der Waals surface area contributed by atoms with E-state index in [-0.39, 0.29) is 0 Å². The predicted molar refractivity (Wildman–Crippen MR) is 81.3 cm³/mol. The maximum atomic E-state index is 4.62. The van der Waals surface area contributed by atoms with E-state index in [1.54, 1.807) is 19.4 Å². The molecule has 0 aliphatic carbocycles. The molecule has 104 valence electrons. The molecule has 6 heteroatoms. The van der Waals surface area contributed by atoms with Crippen molar-refractivity contribution in [3.63, 3.8) is 0 Å². The number of hydrogen-bond donors (Lipinski definition) is 0. The van der Waals surface area contributed by atoms with Crippen LogP contribution in [0.2, 0.25) is 0 Å². The monoisotopic (exact) mass is 270 g/mol. The van der Waals surface area contributed by atoms with E-state index in [0.717, 1.165) is 35.3 Å². The fourth-order valence-electron chi connectivity index (χ4n) is 1.93. The van der Waals surface area contributed by atoms with E-state index in [1.807, 2.05) is 24.8 Å². The third-order valence-corrected chi connectivity index (χ3v) is 2.89. The van der Waals surface area contributed by atoms with E-state index in [0.29, 0.717) is 0 Å². The van der Waals surface area contributed by atoms with Crippen LogP contribution >= 0.6 is 0 Å². The molecule has 0 N–H and O–H groups in total. The van der Waals surface area contributed by atoms with Crippen LogP contribution in [-0.2, 0) is 0 Å². The minimum Gasteiger partial charge on any atom is -0.309 e. The second-order valence-corrected chi connectivity index (χ2v) is 4.20. The SMILES string of the molecule is C\C=C1/N=C(c2cnc(C)nc2)N(CC)/C1=N/C=N\C. The molecule has 0 bridgehead atoms. The number of allylic oxidation sites excluding steroid dienone is 1. The van der Waals surface area contributed by atoms with Gasteiger partial charge >= 0.3 is 0 Å². The molecule has 0 amide bonds. The van der Waals surface area contributed by atoms with E-state index in [2.05, 4.69) is 31.9 Å². The van der Waals surface area contributed by atoms with Gasteiger partial charge < -0.3 is 4.90 Å². The zero-order valence-electron chi connectivity index (χ0n) is 12.2. The Labute approximate surface area is 118 Å². The zero-order valence-corrected chi connectivity index (χ0v) is 12.2. The molecule has 2 heterocycles. The highest BCUT2D eigenvalue weighted by Gasteiger charge is 2.27. The van der Waals surface area contributed by atoms with Crippen molar-refractivity contribution in [1.82, 2.24) is 14.9 Å². The van der Waals surface area contributed by atoms with Crippen LogP contribution in [0, 0.1) is 6.92 Å². The van der Waals surface area contributed by atoms with Crippen molar-refractivity contribution in [3.8, 4) is 0 Å². The van der Waals surface area contributed by atoms with Gasteiger partial charge in [0.05, 0.1) is 5.56 Å². The molecule has 20 heavy (non-hydrogen) atoms. The number of rotatable bonds is 3. The topological polar surface area (TPSA) is 66.1 Å². The van der Waals surface area contributed by atoms with Crippen LogP contribution in [0.25, 0.3) is 0 Å². The van der Waals surface area contributed by atoms with Crippen LogP contribution in [0.5, 0.6) is 0 Å². The van der Waals surface area contributed by atoms with Crippen LogP contribution in [0.4, 0.5) is 0 Å². The first-order chi connectivity index (χ1) is 9.71. The summed E-state index contributed by atoms with van der Waals surface area (Å²) in [6.45, 7) is 6.63. The van der Waals surface area contributed by atoms with Gasteiger partial charge in [0.2, 0.25) is 0 Å². The third-order valence-electron chi connectivity index (χ3n) is 2.89. The van der Waals surface area contributed by atoms with E-state index in [1.165, 1.54) is 6.34 Å². The third kappa shape index (κ3) is 2.64. The molecule has 0 spiro atoms. The minimum absolute atomic E-state index is 0.744. The number of aliphatic imine (C=N–C) groups is 3. The Morgan fingerprint density at radius 2 is 2.00 bits per heavy atom. The number of nitrogens with zero attached hydrogens (tertiary/aromatic N) is 6. The lowest BCUT2D eigenvalue weighted by Gasteiger charge is -2.18. The molecular weight excluding hydrogens is 252 g/mol. The van der Waals surface area contributed by atoms with Crippen molar-refractivity contribution < 1.29 is 0 Å². The summed E-state index contributed by atoms with van der Waals surface area (Å²) in [5, 5.41) is 0. The van der Waals surface area contributed by atoms with Crippen molar-refractivity contribution in [3.05, 3.63) is 35.6 Å². The van der Waals surface area contributed by atoms with Gasteiger partial charge in [0.25, 0.3) is 0 Å². The maximum absolute atomic E-state index is 4.62. The molecule has 0 atom stereocenters. The Balaban J connectivity index is 2.45. The van der Waals surface area contributed by atoms with Gasteiger partial charge in [-0.25, -0.2) is 20.0 Å². The van der Waals surface area contributed by atoms with Crippen LogP contribution in [0.3, 0.4) is 0 Å². The number of likely N-dealkylation sites (N-methyl/N-ethyl adjacent to an activating group) is 1. The molecule has 0 aromatic carbocycles. The van der Waals surface area contributed by atoms with E-state index >= 15 is 0 Å². The molecule has 1 aromatic rings. The van der Waals surface area contributed by atoms with E-state index < -0.39 is 0 Å². The normalized spacial score (nSPS) is 19.4. The summed E-state index contributed by atoms with van der Waals surface area (Å²) in [6.07, 6.45) is 7.04. The fraction of sp³-hybridized carbons (Fsp3) is 0.357. The van der Waals surface area contributed by atoms with E-state index in [4.69, 9.17) is 0 Å². The van der Waals surface area contributed by atoms with Gasteiger partial charge in [-0.3, -0.25) is 4.99 Å². The lowest BCUT2D eigenvalue weighted by Crippen LogP contribution is -2.33. The summed E-state index contributed by atoms with van der Waals surface area (Å²) < 4.78 is 0. The van der Waals surface area contributed by atoms with Gasteiger partial charge in [-0.2, -0.15) is 0 Å². The summed E-state index contributed by atoms with van der Waals surface area (Å²) in [7, 11) is 1.69. The lowest BCUT2D eigenvalue weighted by atomic mass is 10.3. The van der Waals surface area contributed by atoms with Crippen molar-refractivity contribution in [2.45, 2.75) is 20.8 Å². The summed E-state index contributed by atoms with van der Waals surface area (Å²) in [6, 6.07) is 0. The summed E-state index contributed by atoms with van der Waals surface area (Å²) in [4.78, 5) is 23.4. The highest BCUT2D eigenvalue weighted by Crippen LogP contribution is 2.20. The molecule has 0 saturated carbocycles. The van der Waals surface area contributed by atoms with Gasteiger partial charge in [-0.15, -0.1) is 0 Å². The van der Waals surface area contributed by atoms with Crippen molar-refractivity contribution in [1.29, 1.82) is 0 Å². The Kier molecular flexibility index (Phi) is 4.34. The molecule has 0 fully saturated rings. The van der Waals surface area contributed by atoms with Crippen molar-refractivity contribution in [2.24, 2.45) is 15.0 Å². The lowest BCUT2D eigenvalue weighted by molar-refractivity contribution is 0.659. The van der Waals surface area contributed by atoms with E-state index in [9.17, 15) is 0 Å². The highest BCUT2D eigenvalue weighted by molar-refractivity contribution is 6.21. The van der Waals surface area contributed by atoms with Gasteiger partial charge in [-0.05, 0) is 20.8 Å². The van der Waals surface area contributed by atoms with Crippen LogP contribution in [0.1, 0.15) is 25.2 Å². The predicted octanol–water partition coefficient (Wildman–Crippen LogP) is 1.83. The van der Waals surface area contributed by atoms with Crippen LogP contribution in [-0.4, -0.2) is 46.5 Å². The minimum atomic E-state index is 0.744. The molecule has 1 aromatic heterocycles. The first kappa shape index (κ1) is 14.0. The largest absolute Gasteiger partial charge is 0.309 e. The van der Waals surface area contributed by atoms with Gasteiger partial charge in [0.15, 0.2) is 5.84 Å². The van der Waals surface area contributed by atoms with Gasteiger partial charge in [-0.1, -0.05) is 6.08 Å². The first-order valence-electron chi connectivity index (χ1n) is 6.51. The molecule has 2 rings (SSSR count). The Hall–Kier alpha value is -2.37. The molecule has 0 saturated heterocycles. The average Bonchev–Trinajstić information content (AvgIpc) is 2.83. The molecular formula is C14H18N6. The fourth-order valence-corrected chi connectivity index (χ4v) is 1.93. The summed E-state index contributed by atoms with van der Waals surface area (Å²) in [5.41, 5.74) is 1.72. The quantitative estimate of drug-likeness (QED) is 0.621. The second-order valence-electron chi connectivity index (χ2n) is 4.20. The number of aryl methyl sites for hydroxylation is 1. The summed E-state index contributed by atoms with van der Waals surface area (Å²) in [5.74, 6) is 2.37. The molecule has 1 aliphatic rings. The van der Waals surface area contributed by atoms with Crippen molar-refractivity contribution >= 4 is 18.0 Å². The highest BCUT2D eigenvalue weighted by atomic mass is 15.3. The smallest absolute Gasteiger partial charge is 0.161 e. The average molecular weight is 270 g/mol. The van der Waals surface area contributed by atoms with Crippen LogP contribution < -0.4 is 0 Å². The van der Waals surface area contributed by atoms with Crippen LogP contribution in [0.15, 0.2) is 39.1 Å². The second kappa shape index (κ2) is 6.18. The molecule has 0 unspecified atom stereocenters. The molecule has 6 nitrogen and oxygen atoms in total. The number of aromatic nitrogens is 2. The standard InChI is InChI=1S/C14H18N6/c1-5-12-14(18-9-15-4)20(6-2)13(19-12)11-7-16-10(3)17-8-11/h5,7-9H,6H2,1-4H3/b12-5-,15-9-,18-14+. The Morgan fingerprint density at radius 3 is 2.55 bits per heavy atom. The Morgan fingerprint density at radius 1 is 1.30 bits per heavy atom.